The summed E-state index contributed by atoms with van der Waals surface area (Å²) in [7, 11) is 0. The van der Waals surface area contributed by atoms with Crippen LogP contribution in [0.3, 0.4) is 0 Å². The van der Waals surface area contributed by atoms with Gasteiger partial charge < -0.3 is 10.2 Å². The fourth-order valence-corrected chi connectivity index (χ4v) is 2.99. The number of hydrogen-bond donors (Lipinski definition) is 2. The summed E-state index contributed by atoms with van der Waals surface area (Å²) in [4.78, 5) is 0. The highest BCUT2D eigenvalue weighted by atomic mass is 19.1. The molecule has 112 valence electrons. The van der Waals surface area contributed by atoms with E-state index in [9.17, 15) is 14.6 Å². The number of aromatic hydroxyl groups is 2. The molecule has 0 spiro atoms. The Morgan fingerprint density at radius 2 is 1.33 bits per heavy atom. The second-order valence-electron chi connectivity index (χ2n) is 5.33. The van der Waals surface area contributed by atoms with Gasteiger partial charge in [0.2, 0.25) is 0 Å². The maximum Gasteiger partial charge on any atom is 0.157 e. The zero-order valence-electron chi connectivity index (χ0n) is 12.4. The van der Waals surface area contributed by atoms with Gasteiger partial charge in [0.1, 0.15) is 5.82 Å². The molecule has 3 heteroatoms. The summed E-state index contributed by atoms with van der Waals surface area (Å²) in [6, 6.07) is 11.6. The third-order valence-electron chi connectivity index (χ3n) is 4.09. The summed E-state index contributed by atoms with van der Waals surface area (Å²) < 4.78 is 13.1. The highest BCUT2D eigenvalue weighted by Gasteiger charge is 2.22. The molecule has 0 saturated heterocycles. The van der Waals surface area contributed by atoms with Crippen LogP contribution in [0.15, 0.2) is 42.5 Å². The molecule has 0 amide bonds. The second kappa shape index (κ2) is 6.61. The smallest absolute Gasteiger partial charge is 0.157 e. The number of rotatable bonds is 5. The Morgan fingerprint density at radius 1 is 0.810 bits per heavy atom. The summed E-state index contributed by atoms with van der Waals surface area (Å²) in [6.07, 6.45) is 1.83. The molecular formula is C18H21FO2. The van der Waals surface area contributed by atoms with E-state index >= 15 is 0 Å². The quantitative estimate of drug-likeness (QED) is 0.766. The summed E-state index contributed by atoms with van der Waals surface area (Å²) in [5.74, 6) is 0.0266. The number of hydrogen-bond acceptors (Lipinski definition) is 2. The fourth-order valence-electron chi connectivity index (χ4n) is 2.99. The lowest BCUT2D eigenvalue weighted by Gasteiger charge is -2.26. The molecular weight excluding hydrogens is 267 g/mol. The highest BCUT2D eigenvalue weighted by Crippen LogP contribution is 2.40. The maximum absolute atomic E-state index is 13.1. The summed E-state index contributed by atoms with van der Waals surface area (Å²) in [6.45, 7) is 4.21. The molecule has 0 aliphatic rings. The lowest BCUT2D eigenvalue weighted by Crippen LogP contribution is -2.10. The molecule has 0 aliphatic heterocycles. The average molecular weight is 288 g/mol. The zero-order chi connectivity index (χ0) is 15.4. The first-order valence-electron chi connectivity index (χ1n) is 7.34. The Kier molecular flexibility index (Phi) is 4.84. The van der Waals surface area contributed by atoms with E-state index in [2.05, 4.69) is 13.8 Å². The van der Waals surface area contributed by atoms with E-state index in [1.54, 1.807) is 6.07 Å². The van der Waals surface area contributed by atoms with Gasteiger partial charge in [-0.3, -0.25) is 0 Å². The summed E-state index contributed by atoms with van der Waals surface area (Å²) in [5, 5.41) is 19.2. The van der Waals surface area contributed by atoms with Gasteiger partial charge in [-0.1, -0.05) is 32.0 Å². The van der Waals surface area contributed by atoms with Crippen molar-refractivity contribution < 1.29 is 14.6 Å². The van der Waals surface area contributed by atoms with Crippen molar-refractivity contribution >= 4 is 0 Å². The number of phenolic OH excluding ortho intramolecular Hbond substituents is 2. The average Bonchev–Trinajstić information content (AvgIpc) is 2.49. The lowest BCUT2D eigenvalue weighted by molar-refractivity contribution is 0.401. The van der Waals surface area contributed by atoms with E-state index in [-0.39, 0.29) is 29.2 Å². The molecule has 0 bridgehead atoms. The van der Waals surface area contributed by atoms with Gasteiger partial charge in [-0.15, -0.1) is 0 Å². The third kappa shape index (κ3) is 3.35. The van der Waals surface area contributed by atoms with Gasteiger partial charge in [0, 0.05) is 0 Å². The Labute approximate surface area is 124 Å². The predicted octanol–water partition coefficient (Wildman–Crippen LogP) is 4.92. The molecule has 2 atom stereocenters. The molecule has 21 heavy (non-hydrogen) atoms. The van der Waals surface area contributed by atoms with Gasteiger partial charge in [0.15, 0.2) is 11.5 Å². The van der Waals surface area contributed by atoms with Gasteiger partial charge >= 0.3 is 0 Å². The molecule has 2 aromatic carbocycles. The van der Waals surface area contributed by atoms with Crippen molar-refractivity contribution in [3.8, 4) is 11.5 Å². The van der Waals surface area contributed by atoms with E-state index < -0.39 is 0 Å². The number of benzene rings is 2. The molecule has 2 rings (SSSR count). The summed E-state index contributed by atoms with van der Waals surface area (Å²) >= 11 is 0. The fraction of sp³-hybridized carbons (Fsp3) is 0.333. The van der Waals surface area contributed by atoms with Crippen LogP contribution in [0.4, 0.5) is 4.39 Å². The SMILES string of the molecule is CC[C@H](c1ccc(O)c(O)c1)[C@@H](CC)c1ccc(F)cc1. The molecule has 0 aromatic heterocycles. The van der Waals surface area contributed by atoms with Crippen molar-refractivity contribution in [2.24, 2.45) is 0 Å². The summed E-state index contributed by atoms with van der Waals surface area (Å²) in [5.41, 5.74) is 2.09. The Morgan fingerprint density at radius 3 is 1.86 bits per heavy atom. The number of phenols is 2. The molecule has 2 N–H and O–H groups in total. The number of halogens is 1. The van der Waals surface area contributed by atoms with Gasteiger partial charge in [-0.05, 0) is 60.1 Å². The van der Waals surface area contributed by atoms with Crippen molar-refractivity contribution in [1.82, 2.24) is 0 Å². The predicted molar refractivity (Wildman–Crippen MR) is 82.2 cm³/mol. The van der Waals surface area contributed by atoms with Crippen LogP contribution in [-0.4, -0.2) is 10.2 Å². The molecule has 0 heterocycles. The maximum atomic E-state index is 13.1. The molecule has 0 aliphatic carbocycles. The van der Waals surface area contributed by atoms with Crippen molar-refractivity contribution in [2.75, 3.05) is 0 Å². The molecule has 0 unspecified atom stereocenters. The van der Waals surface area contributed by atoms with Crippen LogP contribution in [0.25, 0.3) is 0 Å². The van der Waals surface area contributed by atoms with Gasteiger partial charge in [0.05, 0.1) is 0 Å². The van der Waals surface area contributed by atoms with Crippen LogP contribution in [0.2, 0.25) is 0 Å². The van der Waals surface area contributed by atoms with Crippen LogP contribution < -0.4 is 0 Å². The van der Waals surface area contributed by atoms with Gasteiger partial charge in [0.25, 0.3) is 0 Å². The van der Waals surface area contributed by atoms with Crippen LogP contribution >= 0.6 is 0 Å². The molecule has 2 nitrogen and oxygen atoms in total. The Hall–Kier alpha value is -2.03. The second-order valence-corrected chi connectivity index (χ2v) is 5.33. The van der Waals surface area contributed by atoms with E-state index in [1.807, 2.05) is 18.2 Å². The standard InChI is InChI=1S/C18H21FO2/c1-3-15(12-5-8-14(19)9-6-12)16(4-2)13-7-10-17(20)18(21)11-13/h5-11,15-16,20-21H,3-4H2,1-2H3/t15-,16+/m0/s1. The van der Waals surface area contributed by atoms with Crippen molar-refractivity contribution in [3.05, 3.63) is 59.4 Å². The van der Waals surface area contributed by atoms with Crippen LogP contribution in [0.5, 0.6) is 11.5 Å². The molecule has 0 saturated carbocycles. The largest absolute Gasteiger partial charge is 0.504 e. The minimum Gasteiger partial charge on any atom is -0.504 e. The van der Waals surface area contributed by atoms with Crippen LogP contribution in [-0.2, 0) is 0 Å². The first kappa shape index (κ1) is 15.4. The zero-order valence-corrected chi connectivity index (χ0v) is 12.4. The van der Waals surface area contributed by atoms with Gasteiger partial charge in [-0.25, -0.2) is 4.39 Å². The van der Waals surface area contributed by atoms with E-state index in [4.69, 9.17) is 0 Å². The van der Waals surface area contributed by atoms with Crippen LogP contribution in [0.1, 0.15) is 49.7 Å². The molecule has 0 radical (unpaired) electrons. The van der Waals surface area contributed by atoms with Crippen molar-refractivity contribution in [3.63, 3.8) is 0 Å². The van der Waals surface area contributed by atoms with Gasteiger partial charge in [-0.2, -0.15) is 0 Å². The van der Waals surface area contributed by atoms with E-state index in [1.165, 1.54) is 18.2 Å². The van der Waals surface area contributed by atoms with Crippen molar-refractivity contribution in [2.45, 2.75) is 38.5 Å². The normalized spacial score (nSPS) is 13.9. The Bertz CT molecular complexity index is 593. The Balaban J connectivity index is 2.36. The molecule has 2 aromatic rings. The monoisotopic (exact) mass is 288 g/mol. The van der Waals surface area contributed by atoms with Crippen molar-refractivity contribution in [1.29, 1.82) is 0 Å². The first-order chi connectivity index (χ1) is 10.1. The first-order valence-corrected chi connectivity index (χ1v) is 7.34. The lowest BCUT2D eigenvalue weighted by atomic mass is 9.78. The van der Waals surface area contributed by atoms with E-state index in [0.717, 1.165) is 24.0 Å². The third-order valence-corrected chi connectivity index (χ3v) is 4.09. The molecule has 0 fully saturated rings. The minimum absolute atomic E-state index is 0.0973. The minimum atomic E-state index is -0.232. The highest BCUT2D eigenvalue weighted by molar-refractivity contribution is 5.42. The topological polar surface area (TPSA) is 40.5 Å². The van der Waals surface area contributed by atoms with Crippen LogP contribution in [0, 0.1) is 5.82 Å². The van der Waals surface area contributed by atoms with E-state index in [0.29, 0.717) is 0 Å².